The Morgan fingerprint density at radius 2 is 2.31 bits per heavy atom. The number of hydrogen-bond donors (Lipinski definition) is 2. The number of hydrogen-bond acceptors (Lipinski definition) is 5. The van der Waals surface area contributed by atoms with E-state index in [4.69, 9.17) is 0 Å². The van der Waals surface area contributed by atoms with E-state index in [-0.39, 0.29) is 0 Å². The van der Waals surface area contributed by atoms with Gasteiger partial charge in [-0.3, -0.25) is 0 Å². The Labute approximate surface area is 81.1 Å². The maximum Gasteiger partial charge on any atom is 0.188 e. The fraction of sp³-hybridized carbons (Fsp3) is 0.857. The van der Waals surface area contributed by atoms with Crippen LogP contribution in [0.4, 0.5) is 0 Å². The van der Waals surface area contributed by atoms with Crippen LogP contribution in [0, 0.1) is 0 Å². The topological polar surface area (TPSA) is 66.5 Å². The first kappa shape index (κ1) is 8.96. The molecule has 1 aromatic rings. The van der Waals surface area contributed by atoms with Gasteiger partial charge in [-0.2, -0.15) is 17.0 Å². The molecule has 0 bridgehead atoms. The molecule has 6 heteroatoms. The number of aromatic nitrogens is 4. The number of nitrogens with zero attached hydrogens (tertiary/aromatic N) is 3. The molecule has 0 aromatic carbocycles. The van der Waals surface area contributed by atoms with Crippen LogP contribution in [0.1, 0.15) is 18.7 Å². The monoisotopic (exact) mass is 199 g/mol. The van der Waals surface area contributed by atoms with Gasteiger partial charge in [-0.15, -0.1) is 10.2 Å². The van der Waals surface area contributed by atoms with Gasteiger partial charge in [0.2, 0.25) is 0 Å². The first-order chi connectivity index (χ1) is 6.45. The summed E-state index contributed by atoms with van der Waals surface area (Å²) in [6, 6.07) is 0.639. The summed E-state index contributed by atoms with van der Waals surface area (Å²) in [7, 11) is 0. The van der Waals surface area contributed by atoms with Crippen LogP contribution >= 0.6 is 11.8 Å². The molecule has 1 aromatic heterocycles. The van der Waals surface area contributed by atoms with Crippen LogP contribution < -0.4 is 5.32 Å². The number of rotatable bonds is 3. The molecule has 13 heavy (non-hydrogen) atoms. The van der Waals surface area contributed by atoms with Crippen molar-refractivity contribution in [3.63, 3.8) is 0 Å². The summed E-state index contributed by atoms with van der Waals surface area (Å²) in [6.07, 6.45) is 2.50. The lowest BCUT2D eigenvalue weighted by Crippen LogP contribution is -2.32. The Hall–Kier alpha value is -0.620. The highest BCUT2D eigenvalue weighted by atomic mass is 32.2. The van der Waals surface area contributed by atoms with Gasteiger partial charge >= 0.3 is 0 Å². The van der Waals surface area contributed by atoms with E-state index in [9.17, 15) is 0 Å². The highest BCUT2D eigenvalue weighted by Crippen LogP contribution is 2.16. The first-order valence-electron chi connectivity index (χ1n) is 4.48. The number of thioether (sulfide) groups is 1. The standard InChI is InChI=1S/C7H13N5S/c1-3-13-4-2-6(1)8-5-7-9-11-12-10-7/h6,8H,1-5H2,(H,9,10,11,12). The minimum atomic E-state index is 0.639. The van der Waals surface area contributed by atoms with Crippen molar-refractivity contribution >= 4 is 11.8 Å². The van der Waals surface area contributed by atoms with Crippen molar-refractivity contribution in [1.29, 1.82) is 0 Å². The van der Waals surface area contributed by atoms with Crippen molar-refractivity contribution in [3.8, 4) is 0 Å². The van der Waals surface area contributed by atoms with E-state index < -0.39 is 0 Å². The van der Waals surface area contributed by atoms with Crippen molar-refractivity contribution in [1.82, 2.24) is 25.9 Å². The number of aromatic amines is 1. The summed E-state index contributed by atoms with van der Waals surface area (Å²) in [5.41, 5.74) is 0. The number of H-pyrrole nitrogens is 1. The normalized spacial score (nSPS) is 19.1. The van der Waals surface area contributed by atoms with Crippen molar-refractivity contribution in [2.45, 2.75) is 25.4 Å². The van der Waals surface area contributed by atoms with Crippen LogP contribution in [0.3, 0.4) is 0 Å². The molecule has 1 fully saturated rings. The van der Waals surface area contributed by atoms with Gasteiger partial charge in [0.05, 0.1) is 6.54 Å². The van der Waals surface area contributed by atoms with E-state index in [0.717, 1.165) is 12.4 Å². The van der Waals surface area contributed by atoms with Crippen molar-refractivity contribution < 1.29 is 0 Å². The zero-order valence-electron chi connectivity index (χ0n) is 7.36. The minimum Gasteiger partial charge on any atom is -0.307 e. The third-order valence-electron chi connectivity index (χ3n) is 2.16. The lowest BCUT2D eigenvalue weighted by atomic mass is 10.1. The summed E-state index contributed by atoms with van der Waals surface area (Å²) in [5, 5.41) is 17.1. The zero-order valence-corrected chi connectivity index (χ0v) is 8.18. The Morgan fingerprint density at radius 1 is 1.46 bits per heavy atom. The van der Waals surface area contributed by atoms with Crippen LogP contribution in [0.5, 0.6) is 0 Å². The van der Waals surface area contributed by atoms with Crippen molar-refractivity contribution in [3.05, 3.63) is 5.82 Å². The van der Waals surface area contributed by atoms with Gasteiger partial charge in [0.25, 0.3) is 0 Å². The van der Waals surface area contributed by atoms with E-state index in [1.165, 1.54) is 24.3 Å². The molecule has 72 valence electrons. The maximum absolute atomic E-state index is 3.89. The predicted octanol–water partition coefficient (Wildman–Crippen LogP) is 0.185. The van der Waals surface area contributed by atoms with Gasteiger partial charge in [-0.05, 0) is 24.3 Å². The second kappa shape index (κ2) is 4.57. The summed E-state index contributed by atoms with van der Waals surface area (Å²) >= 11 is 2.03. The van der Waals surface area contributed by atoms with Crippen molar-refractivity contribution in [2.24, 2.45) is 0 Å². The van der Waals surface area contributed by atoms with E-state index in [0.29, 0.717) is 6.04 Å². The van der Waals surface area contributed by atoms with E-state index in [2.05, 4.69) is 25.9 Å². The Bertz CT molecular complexity index is 231. The Morgan fingerprint density at radius 3 is 3.00 bits per heavy atom. The molecule has 5 nitrogen and oxygen atoms in total. The molecule has 0 saturated carbocycles. The molecule has 1 aliphatic heterocycles. The minimum absolute atomic E-state index is 0.639. The van der Waals surface area contributed by atoms with Crippen molar-refractivity contribution in [2.75, 3.05) is 11.5 Å². The molecule has 2 rings (SSSR count). The first-order valence-corrected chi connectivity index (χ1v) is 5.64. The predicted molar refractivity (Wildman–Crippen MR) is 51.4 cm³/mol. The largest absolute Gasteiger partial charge is 0.307 e. The fourth-order valence-electron chi connectivity index (χ4n) is 1.39. The quantitative estimate of drug-likeness (QED) is 0.727. The molecule has 1 saturated heterocycles. The summed E-state index contributed by atoms with van der Waals surface area (Å²) in [6.45, 7) is 0.728. The molecule has 0 spiro atoms. The lowest BCUT2D eigenvalue weighted by molar-refractivity contribution is 0.474. The Balaban J connectivity index is 1.72. The van der Waals surface area contributed by atoms with E-state index in [1.54, 1.807) is 0 Å². The molecule has 0 aliphatic carbocycles. The average molecular weight is 199 g/mol. The Kier molecular flexibility index (Phi) is 3.15. The highest BCUT2D eigenvalue weighted by Gasteiger charge is 2.13. The zero-order chi connectivity index (χ0) is 8.93. The second-order valence-corrected chi connectivity index (χ2v) is 4.32. The molecular formula is C7H13N5S. The van der Waals surface area contributed by atoms with E-state index in [1.807, 2.05) is 11.8 Å². The highest BCUT2D eigenvalue weighted by molar-refractivity contribution is 7.99. The van der Waals surface area contributed by atoms with Gasteiger partial charge in [0.15, 0.2) is 5.82 Å². The van der Waals surface area contributed by atoms with Crippen LogP contribution in [-0.2, 0) is 6.54 Å². The fourth-order valence-corrected chi connectivity index (χ4v) is 2.50. The average Bonchev–Trinajstić information content (AvgIpc) is 2.69. The molecule has 0 unspecified atom stereocenters. The molecule has 0 atom stereocenters. The molecule has 0 radical (unpaired) electrons. The maximum atomic E-state index is 3.89. The number of nitrogens with one attached hydrogen (secondary N) is 2. The third-order valence-corrected chi connectivity index (χ3v) is 3.21. The molecule has 2 N–H and O–H groups in total. The van der Waals surface area contributed by atoms with E-state index >= 15 is 0 Å². The van der Waals surface area contributed by atoms with Gasteiger partial charge in [0, 0.05) is 6.04 Å². The second-order valence-electron chi connectivity index (χ2n) is 3.10. The summed E-state index contributed by atoms with van der Waals surface area (Å²) < 4.78 is 0. The molecule has 1 aliphatic rings. The van der Waals surface area contributed by atoms with Crippen LogP contribution in [0.15, 0.2) is 0 Å². The molecular weight excluding hydrogens is 186 g/mol. The SMILES string of the molecule is C1CC(NCc2nn[nH]n2)CCS1. The van der Waals surface area contributed by atoms with Crippen LogP contribution in [-0.4, -0.2) is 38.2 Å². The lowest BCUT2D eigenvalue weighted by Gasteiger charge is -2.21. The molecule has 0 amide bonds. The van der Waals surface area contributed by atoms with Crippen LogP contribution in [0.25, 0.3) is 0 Å². The van der Waals surface area contributed by atoms with Crippen LogP contribution in [0.2, 0.25) is 0 Å². The third kappa shape index (κ3) is 2.67. The van der Waals surface area contributed by atoms with Gasteiger partial charge in [0.1, 0.15) is 0 Å². The van der Waals surface area contributed by atoms with Gasteiger partial charge in [-0.25, -0.2) is 0 Å². The molecule has 2 heterocycles. The van der Waals surface area contributed by atoms with Gasteiger partial charge in [-0.1, -0.05) is 5.21 Å². The van der Waals surface area contributed by atoms with Gasteiger partial charge < -0.3 is 5.32 Å². The summed E-state index contributed by atoms with van der Waals surface area (Å²) in [4.78, 5) is 0. The smallest absolute Gasteiger partial charge is 0.188 e. The summed E-state index contributed by atoms with van der Waals surface area (Å²) in [5.74, 6) is 3.28. The number of tetrazole rings is 1.